The van der Waals surface area contributed by atoms with Crippen molar-refractivity contribution >= 4 is 22.4 Å². The van der Waals surface area contributed by atoms with Crippen LogP contribution in [0, 0.1) is 0 Å². The van der Waals surface area contributed by atoms with Crippen LogP contribution in [-0.2, 0) is 11.2 Å². The van der Waals surface area contributed by atoms with Crippen molar-refractivity contribution in [1.82, 2.24) is 4.98 Å². The molecule has 1 fully saturated rings. The smallest absolute Gasteiger partial charge is 0.347 e. The average Bonchev–Trinajstić information content (AvgIpc) is 2.83. The first kappa shape index (κ1) is 13.3. The van der Waals surface area contributed by atoms with Crippen molar-refractivity contribution in [2.45, 2.75) is 32.8 Å². The normalized spacial score (nSPS) is 20.1. The van der Waals surface area contributed by atoms with Gasteiger partial charge in [-0.25, -0.2) is 9.78 Å². The summed E-state index contributed by atoms with van der Waals surface area (Å²) in [4.78, 5) is 18.1. The first-order chi connectivity index (χ1) is 8.65. The van der Waals surface area contributed by atoms with Crippen molar-refractivity contribution in [2.75, 3.05) is 24.6 Å². The van der Waals surface area contributed by atoms with Crippen molar-refractivity contribution in [3.63, 3.8) is 0 Å². The van der Waals surface area contributed by atoms with Gasteiger partial charge in [0.1, 0.15) is 4.88 Å². The minimum absolute atomic E-state index is 0.223. The first-order valence-corrected chi connectivity index (χ1v) is 7.06. The highest BCUT2D eigenvalue weighted by atomic mass is 32.1. The third-order valence-electron chi connectivity index (χ3n) is 3.08. The first-order valence-electron chi connectivity index (χ1n) is 6.25. The lowest BCUT2D eigenvalue weighted by Crippen LogP contribution is -2.42. The number of morpholine rings is 1. The van der Waals surface area contributed by atoms with Gasteiger partial charge in [-0.3, -0.25) is 0 Å². The van der Waals surface area contributed by atoms with Gasteiger partial charge in [-0.05, 0) is 12.8 Å². The molecule has 1 N–H and O–H groups in total. The van der Waals surface area contributed by atoms with Crippen molar-refractivity contribution in [3.05, 3.63) is 10.6 Å². The van der Waals surface area contributed by atoms with Gasteiger partial charge in [0.25, 0.3) is 0 Å². The molecule has 2 rings (SSSR count). The van der Waals surface area contributed by atoms with Crippen LogP contribution in [0.5, 0.6) is 0 Å². The summed E-state index contributed by atoms with van der Waals surface area (Å²) in [6, 6.07) is 0. The Labute approximate surface area is 110 Å². The summed E-state index contributed by atoms with van der Waals surface area (Å²) in [5.41, 5.74) is 0.682. The van der Waals surface area contributed by atoms with Gasteiger partial charge in [0, 0.05) is 13.1 Å². The zero-order valence-corrected chi connectivity index (χ0v) is 11.5. The molecule has 1 unspecified atom stereocenters. The summed E-state index contributed by atoms with van der Waals surface area (Å²) in [5, 5.41) is 9.94. The number of aromatic nitrogens is 1. The molecule has 0 spiro atoms. The van der Waals surface area contributed by atoms with E-state index in [-0.39, 0.29) is 6.10 Å². The standard InChI is InChI=1S/C12H18N2O3S/c1-3-8-7-14(5-6-17-8)12-13-9(4-2)10(18-12)11(15)16/h8H,3-7H2,1-2H3,(H,15,16). The summed E-state index contributed by atoms with van der Waals surface area (Å²) in [5.74, 6) is -0.879. The maximum Gasteiger partial charge on any atom is 0.347 e. The molecule has 100 valence electrons. The largest absolute Gasteiger partial charge is 0.477 e. The van der Waals surface area contributed by atoms with E-state index < -0.39 is 5.97 Å². The number of anilines is 1. The monoisotopic (exact) mass is 270 g/mol. The van der Waals surface area contributed by atoms with Gasteiger partial charge in [0.15, 0.2) is 5.13 Å². The second kappa shape index (κ2) is 5.67. The van der Waals surface area contributed by atoms with Crippen LogP contribution >= 0.6 is 11.3 Å². The van der Waals surface area contributed by atoms with Gasteiger partial charge >= 0.3 is 5.97 Å². The second-order valence-electron chi connectivity index (χ2n) is 4.28. The minimum atomic E-state index is -0.879. The van der Waals surface area contributed by atoms with E-state index >= 15 is 0 Å². The third-order valence-corrected chi connectivity index (χ3v) is 4.23. The van der Waals surface area contributed by atoms with Gasteiger partial charge in [-0.15, -0.1) is 0 Å². The highest BCUT2D eigenvalue weighted by Crippen LogP contribution is 2.28. The van der Waals surface area contributed by atoms with Crippen molar-refractivity contribution in [2.24, 2.45) is 0 Å². The van der Waals surface area contributed by atoms with E-state index in [1.165, 1.54) is 11.3 Å². The molecule has 1 aliphatic rings. The number of carboxylic acids is 1. The lowest BCUT2D eigenvalue weighted by molar-refractivity contribution is 0.0384. The molecule has 0 aromatic carbocycles. The number of aromatic carboxylic acids is 1. The zero-order chi connectivity index (χ0) is 13.1. The minimum Gasteiger partial charge on any atom is -0.477 e. The Bertz CT molecular complexity index is 433. The predicted molar refractivity (Wildman–Crippen MR) is 70.7 cm³/mol. The Kier molecular flexibility index (Phi) is 4.19. The van der Waals surface area contributed by atoms with Crippen LogP contribution in [0.25, 0.3) is 0 Å². The lowest BCUT2D eigenvalue weighted by Gasteiger charge is -2.32. The molecule has 18 heavy (non-hydrogen) atoms. The quantitative estimate of drug-likeness (QED) is 0.907. The van der Waals surface area contributed by atoms with Crippen molar-refractivity contribution in [1.29, 1.82) is 0 Å². The molecule has 1 saturated heterocycles. The molecular formula is C12H18N2O3S. The molecule has 1 aromatic rings. The van der Waals surface area contributed by atoms with Crippen molar-refractivity contribution in [3.8, 4) is 0 Å². The predicted octanol–water partition coefficient (Wildman–Crippen LogP) is 2.02. The number of carbonyl (C=O) groups is 1. The van der Waals surface area contributed by atoms with E-state index in [1.54, 1.807) is 0 Å². The van der Waals surface area contributed by atoms with E-state index in [1.807, 2.05) is 6.92 Å². The molecule has 1 aliphatic heterocycles. The summed E-state index contributed by atoms with van der Waals surface area (Å²) in [6.07, 6.45) is 1.84. The molecule has 6 heteroatoms. The topological polar surface area (TPSA) is 62.7 Å². The van der Waals surface area contributed by atoms with Crippen LogP contribution in [0.2, 0.25) is 0 Å². The third kappa shape index (κ3) is 2.64. The number of carboxylic acid groups (broad SMARTS) is 1. The molecule has 2 heterocycles. The maximum atomic E-state index is 11.1. The number of ether oxygens (including phenoxy) is 1. The van der Waals surface area contributed by atoms with Gasteiger partial charge in [0.2, 0.25) is 0 Å². The Morgan fingerprint density at radius 1 is 1.61 bits per heavy atom. The average molecular weight is 270 g/mol. The fourth-order valence-corrected chi connectivity index (χ4v) is 3.05. The van der Waals surface area contributed by atoms with Crippen molar-refractivity contribution < 1.29 is 14.6 Å². The van der Waals surface area contributed by atoms with E-state index in [0.717, 1.165) is 24.6 Å². The lowest BCUT2D eigenvalue weighted by atomic mass is 10.2. The van der Waals surface area contributed by atoms with E-state index in [0.29, 0.717) is 23.6 Å². The van der Waals surface area contributed by atoms with Crippen LogP contribution in [0.1, 0.15) is 35.6 Å². The van der Waals surface area contributed by atoms with E-state index in [9.17, 15) is 4.79 Å². The molecule has 1 aromatic heterocycles. The maximum absolute atomic E-state index is 11.1. The van der Waals surface area contributed by atoms with E-state index in [4.69, 9.17) is 9.84 Å². The number of rotatable bonds is 4. The Morgan fingerprint density at radius 3 is 2.94 bits per heavy atom. The van der Waals surface area contributed by atoms with Gasteiger partial charge in [-0.2, -0.15) is 0 Å². The highest BCUT2D eigenvalue weighted by molar-refractivity contribution is 7.17. The molecular weight excluding hydrogens is 252 g/mol. The molecule has 0 radical (unpaired) electrons. The van der Waals surface area contributed by atoms with Crippen LogP contribution in [0.4, 0.5) is 5.13 Å². The summed E-state index contributed by atoms with van der Waals surface area (Å²) < 4.78 is 5.61. The van der Waals surface area contributed by atoms with Crippen LogP contribution < -0.4 is 4.90 Å². The number of hydrogen-bond acceptors (Lipinski definition) is 5. The van der Waals surface area contributed by atoms with Crippen LogP contribution in [0.15, 0.2) is 0 Å². The number of aryl methyl sites for hydroxylation is 1. The van der Waals surface area contributed by atoms with Gasteiger partial charge < -0.3 is 14.7 Å². The molecule has 0 amide bonds. The SMILES string of the molecule is CCc1nc(N2CCOC(CC)C2)sc1C(=O)O. The van der Waals surface area contributed by atoms with Gasteiger partial charge in [0.05, 0.1) is 18.4 Å². The fourth-order valence-electron chi connectivity index (χ4n) is 2.02. The Hall–Kier alpha value is -1.14. The molecule has 0 saturated carbocycles. The summed E-state index contributed by atoms with van der Waals surface area (Å²) in [7, 11) is 0. The molecule has 0 aliphatic carbocycles. The van der Waals surface area contributed by atoms with Crippen LogP contribution in [0.3, 0.4) is 0 Å². The number of nitrogens with zero attached hydrogens (tertiary/aromatic N) is 2. The molecule has 5 nitrogen and oxygen atoms in total. The highest BCUT2D eigenvalue weighted by Gasteiger charge is 2.24. The van der Waals surface area contributed by atoms with Gasteiger partial charge in [-0.1, -0.05) is 25.2 Å². The number of hydrogen-bond donors (Lipinski definition) is 1. The molecule has 0 bridgehead atoms. The zero-order valence-electron chi connectivity index (χ0n) is 10.7. The fraction of sp³-hybridized carbons (Fsp3) is 0.667. The number of thiazole rings is 1. The molecule has 1 atom stereocenters. The Balaban J connectivity index is 2.20. The summed E-state index contributed by atoms with van der Waals surface area (Å²) >= 11 is 1.27. The van der Waals surface area contributed by atoms with Crippen LogP contribution in [-0.4, -0.2) is 41.9 Å². The second-order valence-corrected chi connectivity index (χ2v) is 5.26. The Morgan fingerprint density at radius 2 is 2.39 bits per heavy atom. The van der Waals surface area contributed by atoms with E-state index in [2.05, 4.69) is 16.8 Å². The summed E-state index contributed by atoms with van der Waals surface area (Å²) in [6.45, 7) is 6.29.